The average molecular weight is 412 g/mol. The van der Waals surface area contributed by atoms with Crippen molar-refractivity contribution in [2.45, 2.75) is 26.4 Å². The van der Waals surface area contributed by atoms with Gasteiger partial charge in [-0.05, 0) is 72.2 Å². The number of allylic oxidation sites excluding steroid dienone is 1. The van der Waals surface area contributed by atoms with Crippen LogP contribution < -0.4 is 4.74 Å². The van der Waals surface area contributed by atoms with Crippen LogP contribution in [-0.2, 0) is 6.61 Å². The van der Waals surface area contributed by atoms with Crippen molar-refractivity contribution >= 4 is 11.9 Å². The summed E-state index contributed by atoms with van der Waals surface area (Å²) in [5, 5.41) is 0. The van der Waals surface area contributed by atoms with Gasteiger partial charge in [-0.3, -0.25) is 4.79 Å². The SMILES string of the molecule is CC(C)c1ccc(OCc2ccc(/C=C/C(=O)c3cccc(-n4cccc4)c3)o2)cc1. The monoisotopic (exact) mass is 411 g/mol. The second-order valence-electron chi connectivity index (χ2n) is 7.65. The number of carbonyl (C=O) groups is 1. The third kappa shape index (κ3) is 5.23. The van der Waals surface area contributed by atoms with Crippen molar-refractivity contribution < 1.29 is 13.9 Å². The number of ketones is 1. The molecule has 2 heterocycles. The summed E-state index contributed by atoms with van der Waals surface area (Å²) in [4.78, 5) is 12.6. The van der Waals surface area contributed by atoms with Crippen LogP contribution in [0.2, 0.25) is 0 Å². The van der Waals surface area contributed by atoms with Crippen LogP contribution in [0.25, 0.3) is 11.8 Å². The summed E-state index contributed by atoms with van der Waals surface area (Å²) in [7, 11) is 0. The van der Waals surface area contributed by atoms with Gasteiger partial charge in [0.2, 0.25) is 0 Å². The standard InChI is InChI=1S/C27H25NO3/c1-20(2)21-8-10-24(11-9-21)30-19-26-13-12-25(31-26)14-15-27(29)22-6-5-7-23(18-22)28-16-3-4-17-28/h3-18,20H,19H2,1-2H3/b15-14+. The smallest absolute Gasteiger partial charge is 0.186 e. The predicted molar refractivity (Wildman–Crippen MR) is 123 cm³/mol. The first kappa shape index (κ1) is 20.5. The van der Waals surface area contributed by atoms with Gasteiger partial charge in [-0.25, -0.2) is 0 Å². The van der Waals surface area contributed by atoms with E-state index in [1.807, 2.05) is 77.6 Å². The van der Waals surface area contributed by atoms with Gasteiger partial charge in [-0.15, -0.1) is 0 Å². The molecule has 0 spiro atoms. The molecular formula is C27H25NO3. The zero-order valence-corrected chi connectivity index (χ0v) is 17.7. The molecule has 0 aliphatic rings. The van der Waals surface area contributed by atoms with E-state index in [-0.39, 0.29) is 5.78 Å². The molecule has 31 heavy (non-hydrogen) atoms. The summed E-state index contributed by atoms with van der Waals surface area (Å²) < 4.78 is 13.5. The maximum atomic E-state index is 12.6. The van der Waals surface area contributed by atoms with Crippen molar-refractivity contribution in [2.24, 2.45) is 0 Å². The van der Waals surface area contributed by atoms with Crippen LogP contribution in [0, 0.1) is 0 Å². The quantitative estimate of drug-likeness (QED) is 0.240. The van der Waals surface area contributed by atoms with E-state index in [9.17, 15) is 4.79 Å². The third-order valence-electron chi connectivity index (χ3n) is 5.04. The van der Waals surface area contributed by atoms with Crippen molar-refractivity contribution in [1.82, 2.24) is 4.57 Å². The highest BCUT2D eigenvalue weighted by Gasteiger charge is 2.06. The molecule has 0 saturated carbocycles. The molecule has 0 atom stereocenters. The van der Waals surface area contributed by atoms with E-state index < -0.39 is 0 Å². The maximum absolute atomic E-state index is 12.6. The van der Waals surface area contributed by atoms with Gasteiger partial charge in [0.15, 0.2) is 5.78 Å². The molecule has 0 aliphatic heterocycles. The fourth-order valence-electron chi connectivity index (χ4n) is 3.25. The van der Waals surface area contributed by atoms with Crippen molar-refractivity contribution in [3.8, 4) is 11.4 Å². The summed E-state index contributed by atoms with van der Waals surface area (Å²) in [6.07, 6.45) is 7.11. The van der Waals surface area contributed by atoms with Crippen molar-refractivity contribution in [2.75, 3.05) is 0 Å². The van der Waals surface area contributed by atoms with E-state index in [0.717, 1.165) is 11.4 Å². The Morgan fingerprint density at radius 2 is 1.77 bits per heavy atom. The molecule has 0 bridgehead atoms. The number of carbonyl (C=O) groups excluding carboxylic acids is 1. The Kier molecular flexibility index (Phi) is 6.18. The lowest BCUT2D eigenvalue weighted by Crippen LogP contribution is -1.97. The largest absolute Gasteiger partial charge is 0.486 e. The van der Waals surface area contributed by atoms with E-state index >= 15 is 0 Å². The zero-order chi connectivity index (χ0) is 21.6. The molecule has 0 aliphatic carbocycles. The molecule has 156 valence electrons. The Hall–Kier alpha value is -3.79. The summed E-state index contributed by atoms with van der Waals surface area (Å²) in [5.41, 5.74) is 2.85. The fraction of sp³-hybridized carbons (Fsp3) is 0.148. The normalized spacial score (nSPS) is 11.3. The summed E-state index contributed by atoms with van der Waals surface area (Å²) in [5.74, 6) is 2.54. The average Bonchev–Trinajstić information content (AvgIpc) is 3.49. The van der Waals surface area contributed by atoms with Gasteiger partial charge in [0, 0.05) is 23.6 Å². The number of rotatable bonds is 8. The number of furan rings is 1. The van der Waals surface area contributed by atoms with Crippen LogP contribution in [0.5, 0.6) is 5.75 Å². The number of aromatic nitrogens is 1. The van der Waals surface area contributed by atoms with Crippen molar-refractivity contribution in [3.05, 3.63) is 114 Å². The molecule has 2 aromatic heterocycles. The molecule has 2 aromatic carbocycles. The van der Waals surface area contributed by atoms with Gasteiger partial charge in [0.25, 0.3) is 0 Å². The maximum Gasteiger partial charge on any atom is 0.186 e. The molecule has 4 heteroatoms. The van der Waals surface area contributed by atoms with E-state index in [1.54, 1.807) is 6.08 Å². The van der Waals surface area contributed by atoms with Crippen LogP contribution in [0.1, 0.15) is 47.2 Å². The minimum Gasteiger partial charge on any atom is -0.486 e. The Balaban J connectivity index is 1.36. The molecule has 4 aromatic rings. The Morgan fingerprint density at radius 3 is 2.52 bits per heavy atom. The molecular weight excluding hydrogens is 386 g/mol. The molecule has 0 unspecified atom stereocenters. The third-order valence-corrected chi connectivity index (χ3v) is 5.04. The molecule has 0 radical (unpaired) electrons. The number of hydrogen-bond donors (Lipinski definition) is 0. The second-order valence-corrected chi connectivity index (χ2v) is 7.65. The van der Waals surface area contributed by atoms with Gasteiger partial charge < -0.3 is 13.7 Å². The summed E-state index contributed by atoms with van der Waals surface area (Å²) >= 11 is 0. The van der Waals surface area contributed by atoms with Crippen LogP contribution in [0.15, 0.2) is 95.7 Å². The van der Waals surface area contributed by atoms with Gasteiger partial charge in [-0.1, -0.05) is 38.1 Å². The highest BCUT2D eigenvalue weighted by molar-refractivity contribution is 6.06. The van der Waals surface area contributed by atoms with Crippen molar-refractivity contribution in [1.29, 1.82) is 0 Å². The first-order valence-electron chi connectivity index (χ1n) is 10.4. The lowest BCUT2D eigenvalue weighted by molar-refractivity contribution is 0.104. The predicted octanol–water partition coefficient (Wildman–Crippen LogP) is 6.67. The van der Waals surface area contributed by atoms with Crippen LogP contribution in [-0.4, -0.2) is 10.4 Å². The van der Waals surface area contributed by atoms with E-state index in [4.69, 9.17) is 9.15 Å². The van der Waals surface area contributed by atoms with E-state index in [1.165, 1.54) is 11.6 Å². The van der Waals surface area contributed by atoms with Crippen molar-refractivity contribution in [3.63, 3.8) is 0 Å². The van der Waals surface area contributed by atoms with Gasteiger partial charge >= 0.3 is 0 Å². The molecule has 0 fully saturated rings. The van der Waals surface area contributed by atoms with Crippen LogP contribution >= 0.6 is 0 Å². The molecule has 0 saturated heterocycles. The van der Waals surface area contributed by atoms with Crippen LogP contribution in [0.4, 0.5) is 0 Å². The topological polar surface area (TPSA) is 44.4 Å². The molecule has 4 nitrogen and oxygen atoms in total. The van der Waals surface area contributed by atoms with Gasteiger partial charge in [0.1, 0.15) is 23.9 Å². The van der Waals surface area contributed by atoms with Gasteiger partial charge in [-0.2, -0.15) is 0 Å². The Bertz CT molecular complexity index is 1170. The summed E-state index contributed by atoms with van der Waals surface area (Å²) in [6, 6.07) is 23.2. The Morgan fingerprint density at radius 1 is 1.00 bits per heavy atom. The molecule has 0 amide bonds. The lowest BCUT2D eigenvalue weighted by atomic mass is 10.0. The minimum absolute atomic E-state index is 0.0755. The minimum atomic E-state index is -0.0755. The fourth-order valence-corrected chi connectivity index (χ4v) is 3.25. The molecule has 4 rings (SSSR count). The van der Waals surface area contributed by atoms with E-state index in [0.29, 0.717) is 29.6 Å². The number of ether oxygens (including phenoxy) is 1. The number of benzene rings is 2. The van der Waals surface area contributed by atoms with E-state index in [2.05, 4.69) is 26.0 Å². The van der Waals surface area contributed by atoms with Gasteiger partial charge in [0.05, 0.1) is 0 Å². The number of nitrogens with zero attached hydrogens (tertiary/aromatic N) is 1. The Labute approximate surface area is 182 Å². The highest BCUT2D eigenvalue weighted by atomic mass is 16.5. The highest BCUT2D eigenvalue weighted by Crippen LogP contribution is 2.20. The lowest BCUT2D eigenvalue weighted by Gasteiger charge is -2.07. The summed E-state index contributed by atoms with van der Waals surface area (Å²) in [6.45, 7) is 4.66. The zero-order valence-electron chi connectivity index (χ0n) is 17.7. The molecule has 0 N–H and O–H groups in total. The first-order valence-corrected chi connectivity index (χ1v) is 10.4. The van der Waals surface area contributed by atoms with Crippen LogP contribution in [0.3, 0.4) is 0 Å². The first-order chi connectivity index (χ1) is 15.1. The number of hydrogen-bond acceptors (Lipinski definition) is 3. The second kappa shape index (κ2) is 9.35.